The Labute approximate surface area is 112 Å². The van der Waals surface area contributed by atoms with E-state index in [1.807, 2.05) is 12.1 Å². The summed E-state index contributed by atoms with van der Waals surface area (Å²) in [6.45, 7) is 0. The van der Waals surface area contributed by atoms with Crippen molar-refractivity contribution in [3.05, 3.63) is 40.0 Å². The smallest absolute Gasteiger partial charge is 0.174 e. The molecule has 0 bridgehead atoms. The highest BCUT2D eigenvalue weighted by atomic mass is 79.9. The van der Waals surface area contributed by atoms with E-state index in [1.165, 1.54) is 6.20 Å². The Morgan fingerprint density at radius 1 is 1.18 bits per heavy atom. The molecule has 2 rings (SSSR count). The molecule has 0 amide bonds. The molecule has 0 radical (unpaired) electrons. The summed E-state index contributed by atoms with van der Waals surface area (Å²) in [5, 5.41) is 0.319. The fourth-order valence-electron chi connectivity index (χ4n) is 1.22. The monoisotopic (exact) mass is 313 g/mol. The van der Waals surface area contributed by atoms with Crippen LogP contribution < -0.4 is 16.2 Å². The number of halogens is 2. The number of ether oxygens (including phenoxy) is 1. The summed E-state index contributed by atoms with van der Waals surface area (Å²) in [6, 6.07) is 7.28. The second-order valence-corrected chi connectivity index (χ2v) is 4.61. The third-order valence-electron chi connectivity index (χ3n) is 2.09. The summed E-state index contributed by atoms with van der Waals surface area (Å²) >= 11 is 9.29. The Kier molecular flexibility index (Phi) is 3.40. The Hall–Kier alpha value is -1.46. The zero-order valence-corrected chi connectivity index (χ0v) is 11.0. The van der Waals surface area contributed by atoms with Gasteiger partial charge in [0.15, 0.2) is 11.6 Å². The summed E-state index contributed by atoms with van der Waals surface area (Å²) in [5.41, 5.74) is 11.6. The molecule has 0 saturated heterocycles. The van der Waals surface area contributed by atoms with E-state index in [-0.39, 0.29) is 11.5 Å². The molecule has 0 aliphatic carbocycles. The van der Waals surface area contributed by atoms with E-state index >= 15 is 0 Å². The predicted octanol–water partition coefficient (Wildman–Crippen LogP) is 3.45. The van der Waals surface area contributed by atoms with Crippen LogP contribution >= 0.6 is 27.5 Å². The maximum Gasteiger partial charge on any atom is 0.174 e. The fraction of sp³-hybridized carbons (Fsp3) is 0. The minimum Gasteiger partial charge on any atom is -0.453 e. The van der Waals surface area contributed by atoms with E-state index in [0.717, 1.165) is 4.47 Å². The number of hydrogen-bond donors (Lipinski definition) is 2. The standard InChI is InChI=1S/C11H9BrClN3O/c12-6-1-3-7(4-2-6)17-10-8(13)5-16-11(15)9(10)14/h1-5H,14H2,(H2,15,16). The molecular formula is C11H9BrClN3O. The van der Waals surface area contributed by atoms with Gasteiger partial charge in [0.2, 0.25) is 0 Å². The number of benzene rings is 1. The van der Waals surface area contributed by atoms with Crippen molar-refractivity contribution in [2.45, 2.75) is 0 Å². The van der Waals surface area contributed by atoms with Gasteiger partial charge in [-0.3, -0.25) is 0 Å². The summed E-state index contributed by atoms with van der Waals surface area (Å²) in [5.74, 6) is 1.13. The number of nitrogens with zero attached hydrogens (tertiary/aromatic N) is 1. The van der Waals surface area contributed by atoms with Gasteiger partial charge >= 0.3 is 0 Å². The number of nitrogen functional groups attached to an aromatic ring is 2. The molecule has 4 N–H and O–H groups in total. The van der Waals surface area contributed by atoms with Gasteiger partial charge < -0.3 is 16.2 Å². The van der Waals surface area contributed by atoms with E-state index < -0.39 is 0 Å². The molecule has 1 heterocycles. The maximum absolute atomic E-state index is 5.95. The lowest BCUT2D eigenvalue weighted by Crippen LogP contribution is -2.00. The van der Waals surface area contributed by atoms with Crippen LogP contribution in [0, 0.1) is 0 Å². The van der Waals surface area contributed by atoms with Gasteiger partial charge in [0, 0.05) is 4.47 Å². The molecule has 0 atom stereocenters. The highest BCUT2D eigenvalue weighted by Gasteiger charge is 2.11. The SMILES string of the molecule is Nc1ncc(Cl)c(Oc2ccc(Br)cc2)c1N. The average Bonchev–Trinajstić information content (AvgIpc) is 2.32. The third-order valence-corrected chi connectivity index (χ3v) is 2.89. The van der Waals surface area contributed by atoms with E-state index in [9.17, 15) is 0 Å². The highest BCUT2D eigenvalue weighted by Crippen LogP contribution is 2.37. The van der Waals surface area contributed by atoms with Gasteiger partial charge in [-0.15, -0.1) is 0 Å². The molecule has 0 aliphatic rings. The predicted molar refractivity (Wildman–Crippen MR) is 72.3 cm³/mol. The number of hydrogen-bond acceptors (Lipinski definition) is 4. The van der Waals surface area contributed by atoms with Crippen molar-refractivity contribution in [3.63, 3.8) is 0 Å². The summed E-state index contributed by atoms with van der Waals surface area (Å²) in [6.07, 6.45) is 1.40. The van der Waals surface area contributed by atoms with Crippen molar-refractivity contribution in [1.82, 2.24) is 4.98 Å². The lowest BCUT2D eigenvalue weighted by Gasteiger charge is -2.11. The van der Waals surface area contributed by atoms with Gasteiger partial charge in [-0.2, -0.15) is 0 Å². The highest BCUT2D eigenvalue weighted by molar-refractivity contribution is 9.10. The number of anilines is 2. The second-order valence-electron chi connectivity index (χ2n) is 3.29. The molecule has 0 saturated carbocycles. The average molecular weight is 315 g/mol. The topological polar surface area (TPSA) is 74.2 Å². The number of pyridine rings is 1. The molecular weight excluding hydrogens is 305 g/mol. The molecule has 0 spiro atoms. The molecule has 1 aromatic carbocycles. The van der Waals surface area contributed by atoms with Crippen LogP contribution in [0.3, 0.4) is 0 Å². The molecule has 1 aromatic heterocycles. The van der Waals surface area contributed by atoms with Gasteiger partial charge in [-0.1, -0.05) is 27.5 Å². The van der Waals surface area contributed by atoms with E-state index in [0.29, 0.717) is 16.5 Å². The molecule has 17 heavy (non-hydrogen) atoms. The third kappa shape index (κ3) is 2.62. The maximum atomic E-state index is 5.95. The van der Waals surface area contributed by atoms with Gasteiger partial charge in [0.25, 0.3) is 0 Å². The normalized spacial score (nSPS) is 10.2. The summed E-state index contributed by atoms with van der Waals surface area (Å²) in [7, 11) is 0. The van der Waals surface area contributed by atoms with E-state index in [2.05, 4.69) is 20.9 Å². The zero-order chi connectivity index (χ0) is 12.4. The minimum absolute atomic E-state index is 0.196. The number of nitrogens with two attached hydrogens (primary N) is 2. The quantitative estimate of drug-likeness (QED) is 0.890. The Morgan fingerprint density at radius 2 is 1.82 bits per heavy atom. The van der Waals surface area contributed by atoms with Crippen LogP contribution in [-0.4, -0.2) is 4.98 Å². The largest absolute Gasteiger partial charge is 0.453 e. The van der Waals surface area contributed by atoms with Gasteiger partial charge in [-0.25, -0.2) is 4.98 Å². The lowest BCUT2D eigenvalue weighted by atomic mass is 10.3. The van der Waals surface area contributed by atoms with Gasteiger partial charge in [0.05, 0.1) is 6.20 Å². The van der Waals surface area contributed by atoms with E-state index in [1.54, 1.807) is 12.1 Å². The van der Waals surface area contributed by atoms with Crippen LogP contribution in [-0.2, 0) is 0 Å². The van der Waals surface area contributed by atoms with Crippen LogP contribution in [0.4, 0.5) is 11.5 Å². The molecule has 0 unspecified atom stereocenters. The number of aromatic nitrogens is 1. The van der Waals surface area contributed by atoms with Crippen molar-refractivity contribution in [3.8, 4) is 11.5 Å². The minimum atomic E-state index is 0.196. The first-order chi connectivity index (χ1) is 8.08. The van der Waals surface area contributed by atoms with Crippen molar-refractivity contribution in [2.24, 2.45) is 0 Å². The molecule has 0 fully saturated rings. The Morgan fingerprint density at radius 3 is 2.47 bits per heavy atom. The van der Waals surface area contributed by atoms with Gasteiger partial charge in [0.1, 0.15) is 16.5 Å². The van der Waals surface area contributed by atoms with Crippen molar-refractivity contribution in [2.75, 3.05) is 11.5 Å². The van der Waals surface area contributed by atoms with Crippen LogP contribution in [0.25, 0.3) is 0 Å². The first-order valence-electron chi connectivity index (χ1n) is 4.71. The molecule has 0 aliphatic heterocycles. The zero-order valence-electron chi connectivity index (χ0n) is 8.65. The summed E-state index contributed by atoms with van der Waals surface area (Å²) < 4.78 is 6.53. The van der Waals surface area contributed by atoms with E-state index in [4.69, 9.17) is 27.8 Å². The molecule has 88 valence electrons. The van der Waals surface area contributed by atoms with Crippen LogP contribution in [0.1, 0.15) is 0 Å². The fourth-order valence-corrected chi connectivity index (χ4v) is 1.68. The van der Waals surface area contributed by atoms with Crippen LogP contribution in [0.2, 0.25) is 5.02 Å². The molecule has 2 aromatic rings. The van der Waals surface area contributed by atoms with Crippen molar-refractivity contribution in [1.29, 1.82) is 0 Å². The van der Waals surface area contributed by atoms with Crippen LogP contribution in [0.15, 0.2) is 34.9 Å². The first-order valence-corrected chi connectivity index (χ1v) is 5.88. The van der Waals surface area contributed by atoms with Crippen molar-refractivity contribution >= 4 is 39.0 Å². The van der Waals surface area contributed by atoms with Crippen LogP contribution in [0.5, 0.6) is 11.5 Å². The van der Waals surface area contributed by atoms with Crippen molar-refractivity contribution < 1.29 is 4.74 Å². The molecule has 4 nitrogen and oxygen atoms in total. The summed E-state index contributed by atoms with van der Waals surface area (Å²) in [4.78, 5) is 3.83. The Balaban J connectivity index is 2.36. The second kappa shape index (κ2) is 4.81. The lowest BCUT2D eigenvalue weighted by molar-refractivity contribution is 0.485. The van der Waals surface area contributed by atoms with Gasteiger partial charge in [-0.05, 0) is 24.3 Å². The molecule has 6 heteroatoms. The number of rotatable bonds is 2. The first kappa shape index (κ1) is 12.0. The Bertz CT molecular complexity index is 545.